The molecule has 3 aliphatic rings. The Bertz CT molecular complexity index is 905. The van der Waals surface area contributed by atoms with Crippen LogP contribution in [-0.4, -0.2) is 66.5 Å². The molecule has 3 fully saturated rings. The van der Waals surface area contributed by atoms with Gasteiger partial charge in [0.2, 0.25) is 0 Å². The molecule has 3 aliphatic heterocycles. The summed E-state index contributed by atoms with van der Waals surface area (Å²) < 4.78 is 43.9. The minimum Gasteiger partial charge on any atom is -0.381 e. The molecule has 5 heterocycles. The van der Waals surface area contributed by atoms with Crippen LogP contribution in [0.1, 0.15) is 31.1 Å². The standard InChI is InChI=1S/C21H27F3N4OS/c1-14(15-2-6-29-7-3-15)28-11-20(12-28)4-5-27(10-20)18-17-8-16(9-21(22,23)24)30-19(17)26-13-25-18/h8,13-15H,2-7,9-12H2,1H3. The first-order valence-electron chi connectivity index (χ1n) is 10.7. The average Bonchev–Trinajstić information content (AvgIpc) is 3.29. The van der Waals surface area contributed by atoms with Crippen molar-refractivity contribution in [2.75, 3.05) is 44.3 Å². The molecule has 1 unspecified atom stereocenters. The van der Waals surface area contributed by atoms with Crippen molar-refractivity contribution in [3.63, 3.8) is 0 Å². The topological polar surface area (TPSA) is 41.5 Å². The summed E-state index contributed by atoms with van der Waals surface area (Å²) in [7, 11) is 0. The lowest BCUT2D eigenvalue weighted by Gasteiger charge is -2.53. The van der Waals surface area contributed by atoms with Gasteiger partial charge in [-0.2, -0.15) is 13.2 Å². The van der Waals surface area contributed by atoms with Crippen molar-refractivity contribution in [2.24, 2.45) is 11.3 Å². The summed E-state index contributed by atoms with van der Waals surface area (Å²) >= 11 is 1.12. The van der Waals surface area contributed by atoms with Crippen molar-refractivity contribution in [3.8, 4) is 0 Å². The van der Waals surface area contributed by atoms with E-state index in [-0.39, 0.29) is 5.41 Å². The Hall–Kier alpha value is -1.45. The van der Waals surface area contributed by atoms with Gasteiger partial charge in [-0.3, -0.25) is 4.90 Å². The predicted molar refractivity (Wildman–Crippen MR) is 111 cm³/mol. The highest BCUT2D eigenvalue weighted by Gasteiger charge is 2.50. The molecule has 5 rings (SSSR count). The number of ether oxygens (including phenoxy) is 1. The number of nitrogens with zero attached hydrogens (tertiary/aromatic N) is 4. The molecule has 0 N–H and O–H groups in total. The molecule has 3 saturated heterocycles. The van der Waals surface area contributed by atoms with E-state index in [0.717, 1.165) is 81.2 Å². The number of rotatable bonds is 4. The molecule has 0 aromatic carbocycles. The first kappa shape index (κ1) is 20.5. The Morgan fingerprint density at radius 2 is 2.00 bits per heavy atom. The van der Waals surface area contributed by atoms with E-state index in [1.54, 1.807) is 6.07 Å². The second kappa shape index (κ2) is 7.60. The molecular formula is C21H27F3N4OS. The van der Waals surface area contributed by atoms with Crippen LogP contribution in [0.2, 0.25) is 0 Å². The molecule has 164 valence electrons. The maximum absolute atomic E-state index is 12.8. The maximum Gasteiger partial charge on any atom is 0.393 e. The summed E-state index contributed by atoms with van der Waals surface area (Å²) in [5.41, 5.74) is 0.279. The number of fused-ring (bicyclic) bond motifs is 1. The van der Waals surface area contributed by atoms with E-state index in [0.29, 0.717) is 21.7 Å². The zero-order chi connectivity index (χ0) is 20.9. The number of hydrogen-bond donors (Lipinski definition) is 0. The molecule has 1 spiro atoms. The second-order valence-electron chi connectivity index (χ2n) is 9.19. The molecule has 0 saturated carbocycles. The van der Waals surface area contributed by atoms with Crippen molar-refractivity contribution in [1.29, 1.82) is 0 Å². The van der Waals surface area contributed by atoms with Crippen LogP contribution >= 0.6 is 11.3 Å². The van der Waals surface area contributed by atoms with E-state index in [1.807, 2.05) is 0 Å². The molecular weight excluding hydrogens is 413 g/mol. The maximum atomic E-state index is 12.8. The summed E-state index contributed by atoms with van der Waals surface area (Å²) in [6.45, 7) is 8.11. The lowest BCUT2D eigenvalue weighted by molar-refractivity contribution is -0.126. The second-order valence-corrected chi connectivity index (χ2v) is 10.3. The molecule has 2 aromatic rings. The zero-order valence-corrected chi connectivity index (χ0v) is 17.9. The van der Waals surface area contributed by atoms with Crippen LogP contribution in [0.25, 0.3) is 10.2 Å². The minimum atomic E-state index is -4.21. The fraction of sp³-hybridized carbons (Fsp3) is 0.714. The van der Waals surface area contributed by atoms with Gasteiger partial charge in [-0.25, -0.2) is 9.97 Å². The van der Waals surface area contributed by atoms with Gasteiger partial charge in [-0.1, -0.05) is 0 Å². The first-order valence-corrected chi connectivity index (χ1v) is 11.5. The molecule has 5 nitrogen and oxygen atoms in total. The van der Waals surface area contributed by atoms with Crippen LogP contribution in [0.5, 0.6) is 0 Å². The Labute approximate surface area is 178 Å². The summed E-state index contributed by atoms with van der Waals surface area (Å²) in [6, 6.07) is 2.22. The Morgan fingerprint density at radius 3 is 2.73 bits per heavy atom. The third kappa shape index (κ3) is 3.91. The first-order chi connectivity index (χ1) is 14.3. The number of likely N-dealkylation sites (tertiary alicyclic amines) is 1. The van der Waals surface area contributed by atoms with Crippen LogP contribution in [0.4, 0.5) is 19.0 Å². The summed E-state index contributed by atoms with van der Waals surface area (Å²) in [6.07, 6.45) is -0.229. The smallest absolute Gasteiger partial charge is 0.381 e. The summed E-state index contributed by atoms with van der Waals surface area (Å²) in [5, 5.41) is 0.755. The third-order valence-corrected chi connectivity index (χ3v) is 8.12. The van der Waals surface area contributed by atoms with Crippen molar-refractivity contribution >= 4 is 27.4 Å². The number of thiophene rings is 1. The average molecular weight is 441 g/mol. The van der Waals surface area contributed by atoms with Crippen LogP contribution in [0, 0.1) is 11.3 Å². The predicted octanol–water partition coefficient (Wildman–Crippen LogP) is 4.12. The molecule has 30 heavy (non-hydrogen) atoms. The third-order valence-electron chi connectivity index (χ3n) is 7.07. The van der Waals surface area contributed by atoms with Gasteiger partial charge < -0.3 is 9.64 Å². The number of alkyl halides is 3. The molecule has 1 atom stereocenters. The van der Waals surface area contributed by atoms with Gasteiger partial charge >= 0.3 is 6.18 Å². The lowest BCUT2D eigenvalue weighted by Crippen LogP contribution is -2.61. The SMILES string of the molecule is CC(C1CCOCC1)N1CC2(CCN(c3ncnc4sc(CC(F)(F)F)cc34)C2)C1. The Morgan fingerprint density at radius 1 is 1.23 bits per heavy atom. The van der Waals surface area contributed by atoms with Gasteiger partial charge in [0.15, 0.2) is 0 Å². The van der Waals surface area contributed by atoms with Crippen molar-refractivity contribution in [2.45, 2.75) is 44.8 Å². The van der Waals surface area contributed by atoms with Crippen LogP contribution in [-0.2, 0) is 11.2 Å². The summed E-state index contributed by atoms with van der Waals surface area (Å²) in [4.78, 5) is 14.5. The molecule has 2 aromatic heterocycles. The molecule has 0 bridgehead atoms. The monoisotopic (exact) mass is 440 g/mol. The molecule has 9 heteroatoms. The van der Waals surface area contributed by atoms with Gasteiger partial charge in [0.1, 0.15) is 17.0 Å². The van der Waals surface area contributed by atoms with Gasteiger partial charge in [0.05, 0.1) is 11.8 Å². The largest absolute Gasteiger partial charge is 0.393 e. The summed E-state index contributed by atoms with van der Waals surface area (Å²) in [5.74, 6) is 1.51. The van der Waals surface area contributed by atoms with E-state index in [4.69, 9.17) is 4.74 Å². The highest BCUT2D eigenvalue weighted by molar-refractivity contribution is 7.18. The number of anilines is 1. The number of hydrogen-bond acceptors (Lipinski definition) is 6. The van der Waals surface area contributed by atoms with E-state index >= 15 is 0 Å². The van der Waals surface area contributed by atoms with Gasteiger partial charge in [-0.05, 0) is 38.2 Å². The van der Waals surface area contributed by atoms with E-state index in [9.17, 15) is 13.2 Å². The van der Waals surface area contributed by atoms with Gasteiger partial charge in [0.25, 0.3) is 0 Å². The lowest BCUT2D eigenvalue weighted by atomic mass is 9.76. The molecule has 0 radical (unpaired) electrons. The Balaban J connectivity index is 1.27. The van der Waals surface area contributed by atoms with Crippen molar-refractivity contribution in [1.82, 2.24) is 14.9 Å². The number of aromatic nitrogens is 2. The van der Waals surface area contributed by atoms with E-state index in [2.05, 4.69) is 26.7 Å². The van der Waals surface area contributed by atoms with Crippen molar-refractivity contribution < 1.29 is 17.9 Å². The Kier molecular flexibility index (Phi) is 5.18. The quantitative estimate of drug-likeness (QED) is 0.715. The molecule has 0 amide bonds. The minimum absolute atomic E-state index is 0.279. The van der Waals surface area contributed by atoms with Crippen LogP contribution in [0.3, 0.4) is 0 Å². The highest BCUT2D eigenvalue weighted by atomic mass is 32.1. The normalized spacial score (nSPS) is 23.9. The highest BCUT2D eigenvalue weighted by Crippen LogP contribution is 2.44. The van der Waals surface area contributed by atoms with Gasteiger partial charge in [-0.15, -0.1) is 11.3 Å². The van der Waals surface area contributed by atoms with Crippen molar-refractivity contribution in [3.05, 3.63) is 17.3 Å². The fourth-order valence-corrected chi connectivity index (χ4v) is 6.42. The van der Waals surface area contributed by atoms with Crippen LogP contribution in [0.15, 0.2) is 12.4 Å². The van der Waals surface area contributed by atoms with Gasteiger partial charge in [0, 0.05) is 55.7 Å². The fourth-order valence-electron chi connectivity index (χ4n) is 5.40. The zero-order valence-electron chi connectivity index (χ0n) is 17.1. The van der Waals surface area contributed by atoms with Crippen LogP contribution < -0.4 is 4.90 Å². The van der Waals surface area contributed by atoms with E-state index in [1.165, 1.54) is 6.33 Å². The molecule has 0 aliphatic carbocycles. The number of halogens is 3. The van der Waals surface area contributed by atoms with E-state index < -0.39 is 12.6 Å².